The highest BCUT2D eigenvalue weighted by Crippen LogP contribution is 2.12. The predicted octanol–water partition coefficient (Wildman–Crippen LogP) is 0.706. The summed E-state index contributed by atoms with van der Waals surface area (Å²) >= 11 is 0. The Hall–Kier alpha value is -1.62. The molecule has 17 heavy (non-hydrogen) atoms. The summed E-state index contributed by atoms with van der Waals surface area (Å²) in [7, 11) is 1.57. The van der Waals surface area contributed by atoms with Crippen LogP contribution in [0.3, 0.4) is 0 Å². The van der Waals surface area contributed by atoms with Crippen LogP contribution in [0.5, 0.6) is 5.88 Å². The molecule has 5 nitrogen and oxygen atoms in total. The molecular weight excluding hydrogens is 218 g/mol. The Morgan fingerprint density at radius 3 is 3.06 bits per heavy atom. The molecule has 0 aromatic carbocycles. The number of hydrogen-bond acceptors (Lipinski definition) is 4. The van der Waals surface area contributed by atoms with E-state index in [-0.39, 0.29) is 5.91 Å². The van der Waals surface area contributed by atoms with Crippen molar-refractivity contribution in [2.45, 2.75) is 19.9 Å². The molecule has 0 bridgehead atoms. The van der Waals surface area contributed by atoms with Crippen molar-refractivity contribution in [2.24, 2.45) is 0 Å². The highest BCUT2D eigenvalue weighted by molar-refractivity contribution is 5.76. The van der Waals surface area contributed by atoms with Gasteiger partial charge in [-0.1, -0.05) is 13.0 Å². The van der Waals surface area contributed by atoms with Crippen LogP contribution in [-0.4, -0.2) is 31.1 Å². The number of ether oxygens (including phenoxy) is 1. The van der Waals surface area contributed by atoms with E-state index in [0.717, 1.165) is 12.1 Å². The van der Waals surface area contributed by atoms with E-state index in [0.29, 0.717) is 25.4 Å². The number of aromatic nitrogens is 1. The molecule has 0 spiro atoms. The van der Waals surface area contributed by atoms with Gasteiger partial charge in [-0.15, -0.1) is 0 Å². The minimum absolute atomic E-state index is 0.0249. The molecule has 0 saturated carbocycles. The number of amides is 1. The lowest BCUT2D eigenvalue weighted by Gasteiger charge is -2.08. The molecule has 0 aliphatic carbocycles. The molecule has 1 aromatic heterocycles. The number of hydrogen-bond donors (Lipinski definition) is 2. The zero-order valence-electron chi connectivity index (χ0n) is 10.3. The normalized spacial score (nSPS) is 10.0. The number of nitrogens with zero attached hydrogens (tertiary/aromatic N) is 1. The van der Waals surface area contributed by atoms with E-state index < -0.39 is 0 Å². The third-order valence-corrected chi connectivity index (χ3v) is 2.30. The summed E-state index contributed by atoms with van der Waals surface area (Å²) in [5, 5.41) is 5.94. The second-order valence-corrected chi connectivity index (χ2v) is 3.55. The Balaban J connectivity index is 2.36. The molecule has 0 aliphatic rings. The van der Waals surface area contributed by atoms with Gasteiger partial charge in [0.1, 0.15) is 0 Å². The summed E-state index contributed by atoms with van der Waals surface area (Å²) in [6, 6.07) is 3.71. The molecule has 0 aliphatic heterocycles. The third kappa shape index (κ3) is 4.82. The van der Waals surface area contributed by atoms with E-state index in [4.69, 9.17) is 4.74 Å². The fourth-order valence-electron chi connectivity index (χ4n) is 1.40. The largest absolute Gasteiger partial charge is 0.481 e. The average molecular weight is 237 g/mol. The molecule has 0 fully saturated rings. The molecule has 5 heteroatoms. The fourth-order valence-corrected chi connectivity index (χ4v) is 1.40. The number of carbonyl (C=O) groups excluding carboxylic acids is 1. The molecule has 94 valence electrons. The van der Waals surface area contributed by atoms with E-state index in [1.54, 1.807) is 13.3 Å². The summed E-state index contributed by atoms with van der Waals surface area (Å²) in [6.45, 7) is 4.04. The maximum atomic E-state index is 11.5. The fraction of sp³-hybridized carbons (Fsp3) is 0.500. The first kappa shape index (κ1) is 13.4. The van der Waals surface area contributed by atoms with Gasteiger partial charge >= 0.3 is 0 Å². The summed E-state index contributed by atoms with van der Waals surface area (Å²) in [4.78, 5) is 15.5. The SMILES string of the molecule is CCNCCC(=O)NCc1cccnc1OC. The van der Waals surface area contributed by atoms with Crippen LogP contribution in [0, 0.1) is 0 Å². The standard InChI is InChI=1S/C12H19N3O2/c1-3-13-8-6-11(16)15-9-10-5-4-7-14-12(10)17-2/h4-5,7,13H,3,6,8-9H2,1-2H3,(H,15,16). The van der Waals surface area contributed by atoms with Crippen molar-refractivity contribution in [1.82, 2.24) is 15.6 Å². The van der Waals surface area contributed by atoms with Gasteiger partial charge in [-0.25, -0.2) is 4.98 Å². The van der Waals surface area contributed by atoms with Crippen molar-refractivity contribution in [3.05, 3.63) is 23.9 Å². The second-order valence-electron chi connectivity index (χ2n) is 3.55. The third-order valence-electron chi connectivity index (χ3n) is 2.30. The summed E-state index contributed by atoms with van der Waals surface area (Å²) < 4.78 is 5.10. The number of pyridine rings is 1. The quantitative estimate of drug-likeness (QED) is 0.685. The first-order valence-electron chi connectivity index (χ1n) is 5.73. The minimum Gasteiger partial charge on any atom is -0.481 e. The lowest BCUT2D eigenvalue weighted by atomic mass is 10.2. The van der Waals surface area contributed by atoms with Crippen LogP contribution in [0.25, 0.3) is 0 Å². The van der Waals surface area contributed by atoms with Gasteiger partial charge in [0.2, 0.25) is 11.8 Å². The molecule has 0 saturated heterocycles. The molecule has 0 radical (unpaired) electrons. The van der Waals surface area contributed by atoms with Gasteiger partial charge < -0.3 is 15.4 Å². The second kappa shape index (κ2) is 7.62. The number of methoxy groups -OCH3 is 1. The number of rotatable bonds is 7. The smallest absolute Gasteiger partial charge is 0.221 e. The maximum absolute atomic E-state index is 11.5. The van der Waals surface area contributed by atoms with Gasteiger partial charge in [-0.05, 0) is 12.6 Å². The zero-order chi connectivity index (χ0) is 12.5. The van der Waals surface area contributed by atoms with Crippen molar-refractivity contribution >= 4 is 5.91 Å². The van der Waals surface area contributed by atoms with E-state index in [1.165, 1.54) is 0 Å². The molecule has 1 amide bonds. The summed E-state index contributed by atoms with van der Waals surface area (Å²) in [5.41, 5.74) is 0.881. The van der Waals surface area contributed by atoms with Crippen molar-refractivity contribution in [1.29, 1.82) is 0 Å². The maximum Gasteiger partial charge on any atom is 0.221 e. The molecule has 1 heterocycles. The van der Waals surface area contributed by atoms with E-state index in [1.807, 2.05) is 19.1 Å². The summed E-state index contributed by atoms with van der Waals surface area (Å²) in [5.74, 6) is 0.580. The zero-order valence-corrected chi connectivity index (χ0v) is 10.3. The Morgan fingerprint density at radius 2 is 2.35 bits per heavy atom. The van der Waals surface area contributed by atoms with Crippen LogP contribution < -0.4 is 15.4 Å². The highest BCUT2D eigenvalue weighted by atomic mass is 16.5. The molecular formula is C12H19N3O2. The summed E-state index contributed by atoms with van der Waals surface area (Å²) in [6.07, 6.45) is 2.14. The van der Waals surface area contributed by atoms with Gasteiger partial charge in [-0.3, -0.25) is 4.79 Å². The Kier molecular flexibility index (Phi) is 6.03. The van der Waals surface area contributed by atoms with Crippen LogP contribution in [-0.2, 0) is 11.3 Å². The van der Waals surface area contributed by atoms with Crippen molar-refractivity contribution in [3.63, 3.8) is 0 Å². The lowest BCUT2D eigenvalue weighted by Crippen LogP contribution is -2.27. The Bertz CT molecular complexity index is 355. The van der Waals surface area contributed by atoms with Gasteiger partial charge in [0.25, 0.3) is 0 Å². The molecule has 2 N–H and O–H groups in total. The average Bonchev–Trinajstić information content (AvgIpc) is 2.37. The van der Waals surface area contributed by atoms with E-state index >= 15 is 0 Å². The topological polar surface area (TPSA) is 63.2 Å². The van der Waals surface area contributed by atoms with E-state index in [2.05, 4.69) is 15.6 Å². The van der Waals surface area contributed by atoms with Crippen LogP contribution in [0.2, 0.25) is 0 Å². The van der Waals surface area contributed by atoms with Gasteiger partial charge in [0.15, 0.2) is 0 Å². The predicted molar refractivity (Wildman–Crippen MR) is 65.8 cm³/mol. The van der Waals surface area contributed by atoms with Gasteiger partial charge in [0, 0.05) is 31.3 Å². The molecule has 1 rings (SSSR count). The first-order chi connectivity index (χ1) is 8.27. The monoisotopic (exact) mass is 237 g/mol. The Labute approximate surface area is 102 Å². The van der Waals surface area contributed by atoms with Gasteiger partial charge in [0.05, 0.1) is 7.11 Å². The van der Waals surface area contributed by atoms with Crippen molar-refractivity contribution in [2.75, 3.05) is 20.2 Å². The highest BCUT2D eigenvalue weighted by Gasteiger charge is 2.05. The molecule has 0 atom stereocenters. The van der Waals surface area contributed by atoms with Crippen LogP contribution >= 0.6 is 0 Å². The van der Waals surface area contributed by atoms with Crippen molar-refractivity contribution < 1.29 is 9.53 Å². The van der Waals surface area contributed by atoms with Crippen LogP contribution in [0.4, 0.5) is 0 Å². The Morgan fingerprint density at radius 1 is 1.53 bits per heavy atom. The number of carbonyl (C=O) groups is 1. The van der Waals surface area contributed by atoms with Crippen LogP contribution in [0.15, 0.2) is 18.3 Å². The van der Waals surface area contributed by atoms with Crippen molar-refractivity contribution in [3.8, 4) is 5.88 Å². The lowest BCUT2D eigenvalue weighted by molar-refractivity contribution is -0.121. The van der Waals surface area contributed by atoms with Gasteiger partial charge in [-0.2, -0.15) is 0 Å². The molecule has 0 unspecified atom stereocenters. The molecule has 1 aromatic rings. The first-order valence-corrected chi connectivity index (χ1v) is 5.73. The van der Waals surface area contributed by atoms with E-state index in [9.17, 15) is 4.79 Å². The van der Waals surface area contributed by atoms with Crippen LogP contribution in [0.1, 0.15) is 18.9 Å². The number of nitrogens with one attached hydrogen (secondary N) is 2. The minimum atomic E-state index is 0.0249.